The van der Waals surface area contributed by atoms with Crippen LogP contribution in [0.15, 0.2) is 29.4 Å². The summed E-state index contributed by atoms with van der Waals surface area (Å²) in [5.74, 6) is 5.79. The zero-order valence-electron chi connectivity index (χ0n) is 12.3. The summed E-state index contributed by atoms with van der Waals surface area (Å²) in [6.45, 7) is 2.72. The first-order valence-electron chi connectivity index (χ1n) is 6.98. The van der Waals surface area contributed by atoms with E-state index in [0.29, 0.717) is 11.7 Å². The molecule has 3 N–H and O–H groups in total. The summed E-state index contributed by atoms with van der Waals surface area (Å²) in [6.07, 6.45) is 1.97. The Morgan fingerprint density at radius 3 is 2.91 bits per heavy atom. The second-order valence-electron chi connectivity index (χ2n) is 4.65. The quantitative estimate of drug-likeness (QED) is 0.461. The molecular weight excluding hydrogens is 305 g/mol. The van der Waals surface area contributed by atoms with Gasteiger partial charge in [0.1, 0.15) is 5.82 Å². The number of carbonyl (C=O) groups excluding carboxylic acids is 1. The van der Waals surface area contributed by atoms with Gasteiger partial charge in [-0.05, 0) is 18.6 Å². The SMILES string of the molecule is CCCCNC(=O)CSc1nnc(-c2ccccc2F)n1N. The lowest BCUT2D eigenvalue weighted by Gasteiger charge is -2.05. The van der Waals surface area contributed by atoms with E-state index in [-0.39, 0.29) is 23.0 Å². The lowest BCUT2D eigenvalue weighted by molar-refractivity contribution is -0.118. The number of amides is 1. The first kappa shape index (κ1) is 16.3. The molecule has 0 fully saturated rings. The number of nitrogens with two attached hydrogens (primary N) is 1. The number of carbonyl (C=O) groups is 1. The minimum absolute atomic E-state index is 0.0890. The van der Waals surface area contributed by atoms with Gasteiger partial charge in [-0.3, -0.25) is 4.79 Å². The maximum atomic E-state index is 13.7. The van der Waals surface area contributed by atoms with Crippen LogP contribution in [0.4, 0.5) is 4.39 Å². The summed E-state index contributed by atoms with van der Waals surface area (Å²) in [5.41, 5.74) is 0.275. The van der Waals surface area contributed by atoms with Crippen LogP contribution in [0.5, 0.6) is 0 Å². The van der Waals surface area contributed by atoms with E-state index in [4.69, 9.17) is 5.84 Å². The zero-order chi connectivity index (χ0) is 15.9. The van der Waals surface area contributed by atoms with Crippen molar-refractivity contribution < 1.29 is 9.18 Å². The van der Waals surface area contributed by atoms with E-state index in [1.54, 1.807) is 18.2 Å². The molecule has 0 saturated heterocycles. The van der Waals surface area contributed by atoms with E-state index in [0.717, 1.165) is 24.6 Å². The van der Waals surface area contributed by atoms with Gasteiger partial charge in [-0.15, -0.1) is 10.2 Å². The maximum Gasteiger partial charge on any atom is 0.230 e. The Bertz CT molecular complexity index is 646. The molecule has 1 aromatic carbocycles. The zero-order valence-corrected chi connectivity index (χ0v) is 13.1. The molecule has 0 aliphatic carbocycles. The van der Waals surface area contributed by atoms with Gasteiger partial charge in [-0.1, -0.05) is 37.2 Å². The molecule has 6 nitrogen and oxygen atoms in total. The number of aromatic nitrogens is 3. The average molecular weight is 323 g/mol. The topological polar surface area (TPSA) is 85.8 Å². The minimum atomic E-state index is -0.421. The molecule has 0 radical (unpaired) electrons. The van der Waals surface area contributed by atoms with Crippen LogP contribution in [0, 0.1) is 5.82 Å². The Kier molecular flexibility index (Phi) is 5.76. The van der Waals surface area contributed by atoms with Crippen LogP contribution in [-0.4, -0.2) is 33.1 Å². The van der Waals surface area contributed by atoms with Crippen molar-refractivity contribution in [1.82, 2.24) is 20.2 Å². The van der Waals surface area contributed by atoms with Crippen molar-refractivity contribution in [1.29, 1.82) is 0 Å². The van der Waals surface area contributed by atoms with Gasteiger partial charge in [0.25, 0.3) is 0 Å². The molecule has 0 unspecified atom stereocenters. The van der Waals surface area contributed by atoms with Crippen molar-refractivity contribution in [2.24, 2.45) is 0 Å². The third-order valence-electron chi connectivity index (χ3n) is 2.96. The maximum absolute atomic E-state index is 13.7. The number of rotatable bonds is 7. The smallest absolute Gasteiger partial charge is 0.230 e. The Balaban J connectivity index is 2.00. The Morgan fingerprint density at radius 2 is 2.18 bits per heavy atom. The highest BCUT2D eigenvalue weighted by molar-refractivity contribution is 7.99. The molecule has 22 heavy (non-hydrogen) atoms. The molecule has 2 rings (SSSR count). The minimum Gasteiger partial charge on any atom is -0.355 e. The summed E-state index contributed by atoms with van der Waals surface area (Å²) in [4.78, 5) is 11.6. The number of nitrogens with zero attached hydrogens (tertiary/aromatic N) is 3. The van der Waals surface area contributed by atoms with Crippen molar-refractivity contribution in [3.8, 4) is 11.4 Å². The second kappa shape index (κ2) is 7.79. The van der Waals surface area contributed by atoms with E-state index >= 15 is 0 Å². The van der Waals surface area contributed by atoms with Gasteiger partial charge in [-0.25, -0.2) is 9.07 Å². The first-order chi connectivity index (χ1) is 10.6. The predicted octanol–water partition coefficient (Wildman–Crippen LogP) is 1.81. The lowest BCUT2D eigenvalue weighted by atomic mass is 10.2. The standard InChI is InChI=1S/C14H18FN5OS/c1-2-3-8-17-12(21)9-22-14-19-18-13(20(14)16)10-6-4-5-7-11(10)15/h4-7H,2-3,8-9,16H2,1H3,(H,17,21). The van der Waals surface area contributed by atoms with Crippen LogP contribution >= 0.6 is 11.8 Å². The van der Waals surface area contributed by atoms with E-state index in [2.05, 4.69) is 22.4 Å². The van der Waals surface area contributed by atoms with Gasteiger partial charge in [0.05, 0.1) is 11.3 Å². The van der Waals surface area contributed by atoms with Crippen LogP contribution in [0.3, 0.4) is 0 Å². The fourth-order valence-electron chi connectivity index (χ4n) is 1.79. The molecule has 0 saturated carbocycles. The third kappa shape index (κ3) is 3.97. The summed E-state index contributed by atoms with van der Waals surface area (Å²) in [5, 5.41) is 11.0. The molecule has 8 heteroatoms. The largest absolute Gasteiger partial charge is 0.355 e. The van der Waals surface area contributed by atoms with E-state index in [9.17, 15) is 9.18 Å². The third-order valence-corrected chi connectivity index (χ3v) is 3.91. The molecule has 2 aromatic rings. The molecule has 0 aliphatic rings. The number of halogens is 1. The summed E-state index contributed by atoms with van der Waals surface area (Å²) >= 11 is 1.16. The van der Waals surface area contributed by atoms with Crippen LogP contribution in [-0.2, 0) is 4.79 Å². The van der Waals surface area contributed by atoms with Crippen molar-refractivity contribution in [2.75, 3.05) is 18.1 Å². The summed E-state index contributed by atoms with van der Waals surface area (Å²) in [7, 11) is 0. The summed E-state index contributed by atoms with van der Waals surface area (Å²) in [6, 6.07) is 6.19. The first-order valence-corrected chi connectivity index (χ1v) is 7.97. The fourth-order valence-corrected chi connectivity index (χ4v) is 2.47. The molecule has 1 aromatic heterocycles. The Labute approximate surface area is 132 Å². The Morgan fingerprint density at radius 1 is 1.41 bits per heavy atom. The number of thioether (sulfide) groups is 1. The second-order valence-corrected chi connectivity index (χ2v) is 5.59. The summed E-state index contributed by atoms with van der Waals surface area (Å²) < 4.78 is 14.9. The number of nitrogens with one attached hydrogen (secondary N) is 1. The molecule has 0 bridgehead atoms. The van der Waals surface area contributed by atoms with E-state index in [1.807, 2.05) is 0 Å². The molecule has 1 amide bonds. The van der Waals surface area contributed by atoms with Gasteiger partial charge in [0, 0.05) is 6.54 Å². The predicted molar refractivity (Wildman–Crippen MR) is 84.2 cm³/mol. The van der Waals surface area contributed by atoms with Crippen LogP contribution in [0.1, 0.15) is 19.8 Å². The number of hydrogen-bond donors (Lipinski definition) is 2. The Hall–Kier alpha value is -2.09. The highest BCUT2D eigenvalue weighted by Gasteiger charge is 2.16. The molecule has 0 aliphatic heterocycles. The van der Waals surface area contributed by atoms with Crippen LogP contribution in [0.2, 0.25) is 0 Å². The molecule has 118 valence electrons. The fraction of sp³-hybridized carbons (Fsp3) is 0.357. The number of nitrogen functional groups attached to an aromatic ring is 1. The van der Waals surface area contributed by atoms with Gasteiger partial charge in [0.2, 0.25) is 11.1 Å². The highest BCUT2D eigenvalue weighted by atomic mass is 32.2. The highest BCUT2D eigenvalue weighted by Crippen LogP contribution is 2.23. The molecule has 0 atom stereocenters. The van der Waals surface area contributed by atoms with Crippen molar-refractivity contribution >= 4 is 17.7 Å². The van der Waals surface area contributed by atoms with Crippen LogP contribution in [0.25, 0.3) is 11.4 Å². The normalized spacial score (nSPS) is 10.6. The number of benzene rings is 1. The van der Waals surface area contributed by atoms with Crippen LogP contribution < -0.4 is 11.2 Å². The molecule has 0 spiro atoms. The van der Waals surface area contributed by atoms with Crippen molar-refractivity contribution in [2.45, 2.75) is 24.9 Å². The lowest BCUT2D eigenvalue weighted by Crippen LogP contribution is -2.26. The van der Waals surface area contributed by atoms with E-state index in [1.165, 1.54) is 10.7 Å². The average Bonchev–Trinajstić information content (AvgIpc) is 2.87. The molecular formula is C14H18FN5OS. The monoisotopic (exact) mass is 323 g/mol. The van der Waals surface area contributed by atoms with Gasteiger partial charge >= 0.3 is 0 Å². The van der Waals surface area contributed by atoms with Gasteiger partial charge < -0.3 is 11.2 Å². The van der Waals surface area contributed by atoms with Gasteiger partial charge in [-0.2, -0.15) is 0 Å². The van der Waals surface area contributed by atoms with Crippen molar-refractivity contribution in [3.05, 3.63) is 30.1 Å². The van der Waals surface area contributed by atoms with Crippen molar-refractivity contribution in [3.63, 3.8) is 0 Å². The number of hydrogen-bond acceptors (Lipinski definition) is 5. The van der Waals surface area contributed by atoms with E-state index < -0.39 is 5.82 Å². The van der Waals surface area contributed by atoms with Gasteiger partial charge in [0.15, 0.2) is 5.82 Å². The molecule has 1 heterocycles. The number of unbranched alkanes of at least 4 members (excludes halogenated alkanes) is 1.